The van der Waals surface area contributed by atoms with Gasteiger partial charge in [-0.3, -0.25) is 9.58 Å². The van der Waals surface area contributed by atoms with Crippen molar-refractivity contribution in [3.05, 3.63) is 17.5 Å². The van der Waals surface area contributed by atoms with Crippen molar-refractivity contribution in [1.82, 2.24) is 14.7 Å². The molecule has 2 fully saturated rings. The van der Waals surface area contributed by atoms with Gasteiger partial charge in [-0.25, -0.2) is 9.59 Å². The zero-order valence-corrected chi connectivity index (χ0v) is 20.2. The Hall–Kier alpha value is -2.39. The lowest BCUT2D eigenvalue weighted by Crippen LogP contribution is -2.40. The van der Waals surface area contributed by atoms with E-state index < -0.39 is 24.3 Å². The molecule has 0 radical (unpaired) electrons. The molecule has 1 aromatic rings. The van der Waals surface area contributed by atoms with Crippen molar-refractivity contribution in [2.45, 2.75) is 50.5 Å². The normalized spacial score (nSPS) is 20.7. The summed E-state index contributed by atoms with van der Waals surface area (Å²) in [5.74, 6) is -3.43. The van der Waals surface area contributed by atoms with Crippen LogP contribution < -0.4 is 0 Å². The third-order valence-corrected chi connectivity index (χ3v) is 6.04. The predicted octanol–water partition coefficient (Wildman–Crippen LogP) is 3.44. The molecule has 0 spiro atoms. The molecular weight excluding hydrogens is 516 g/mol. The topological polar surface area (TPSA) is 114 Å². The van der Waals surface area contributed by atoms with Crippen LogP contribution in [0.1, 0.15) is 42.9 Å². The molecule has 1 saturated carbocycles. The number of alkyl halides is 6. The lowest BCUT2D eigenvalue weighted by molar-refractivity contribution is -0.193. The van der Waals surface area contributed by atoms with Gasteiger partial charge in [0.1, 0.15) is 0 Å². The molecular formula is C22H31F6N3O6. The third-order valence-electron chi connectivity index (χ3n) is 6.04. The quantitative estimate of drug-likeness (QED) is 0.521. The lowest BCUT2D eigenvalue weighted by Gasteiger charge is -2.36. The Morgan fingerprint density at radius 1 is 1.00 bits per heavy atom. The number of hydrogen-bond acceptors (Lipinski definition) is 6. The maximum absolute atomic E-state index is 10.6. The second kappa shape index (κ2) is 13.4. The first-order valence-corrected chi connectivity index (χ1v) is 11.7. The minimum atomic E-state index is -5.08. The lowest BCUT2D eigenvalue weighted by atomic mass is 9.94. The summed E-state index contributed by atoms with van der Waals surface area (Å²) in [4.78, 5) is 20.4. The van der Waals surface area contributed by atoms with Gasteiger partial charge in [0.15, 0.2) is 0 Å². The molecule has 1 atom stereocenters. The molecule has 1 saturated heterocycles. The molecule has 212 valence electrons. The summed E-state index contributed by atoms with van der Waals surface area (Å²) in [5, 5.41) is 18.7. The number of aromatic nitrogens is 2. The van der Waals surface area contributed by atoms with Crippen molar-refractivity contribution < 1.29 is 55.6 Å². The monoisotopic (exact) mass is 547 g/mol. The van der Waals surface area contributed by atoms with Gasteiger partial charge in [0.05, 0.1) is 12.8 Å². The molecule has 0 aromatic carbocycles. The minimum absolute atomic E-state index is 0.463. The summed E-state index contributed by atoms with van der Waals surface area (Å²) in [6.45, 7) is 7.00. The van der Waals surface area contributed by atoms with Crippen LogP contribution in [0.25, 0.3) is 0 Å². The Balaban J connectivity index is 0.000000286. The summed E-state index contributed by atoms with van der Waals surface area (Å²) < 4.78 is 77.1. The molecule has 3 heterocycles. The fraction of sp³-hybridized carbons (Fsp3) is 0.773. The molecule has 1 aromatic heterocycles. The van der Waals surface area contributed by atoms with Gasteiger partial charge in [0, 0.05) is 63.7 Å². The number of aliphatic carboxylic acids is 2. The number of carboxylic acids is 2. The van der Waals surface area contributed by atoms with Crippen molar-refractivity contribution in [2.75, 3.05) is 39.5 Å². The molecule has 1 aliphatic carbocycles. The first kappa shape index (κ1) is 30.8. The van der Waals surface area contributed by atoms with Crippen LogP contribution in [0, 0.1) is 11.8 Å². The predicted molar refractivity (Wildman–Crippen MR) is 116 cm³/mol. The molecule has 2 aliphatic heterocycles. The number of fused-ring (bicyclic) bond motifs is 1. The Labute approximate surface area is 209 Å². The van der Waals surface area contributed by atoms with Crippen molar-refractivity contribution in [3.63, 3.8) is 0 Å². The Bertz CT molecular complexity index is 857. The van der Waals surface area contributed by atoms with E-state index in [4.69, 9.17) is 29.3 Å². The minimum Gasteiger partial charge on any atom is -0.475 e. The first-order valence-electron chi connectivity index (χ1n) is 11.7. The van der Waals surface area contributed by atoms with Crippen molar-refractivity contribution in [3.8, 4) is 0 Å². The van der Waals surface area contributed by atoms with Crippen LogP contribution in [-0.2, 0) is 32.7 Å². The van der Waals surface area contributed by atoms with Gasteiger partial charge in [-0.15, -0.1) is 0 Å². The second-order valence-electron chi connectivity index (χ2n) is 9.21. The van der Waals surface area contributed by atoms with Crippen LogP contribution >= 0.6 is 0 Å². The fourth-order valence-electron chi connectivity index (χ4n) is 4.07. The maximum Gasteiger partial charge on any atom is 0.490 e. The first-order chi connectivity index (χ1) is 17.2. The number of halogens is 6. The standard InChI is InChI=1S/C18H29N3O2.2C2HF3O2/c1-20-18-16(8-19-20)10-21(9-14-4-6-22-7-5-14)11-17(18)13-23-12-15-2-3-15;2*3-2(4,5)1(6)7/h8,14-15,17H,2-7,9-13H2,1H3;2*(H,6,7). The van der Waals surface area contributed by atoms with E-state index >= 15 is 0 Å². The van der Waals surface area contributed by atoms with Crippen molar-refractivity contribution in [2.24, 2.45) is 18.9 Å². The van der Waals surface area contributed by atoms with Crippen LogP contribution in [0.2, 0.25) is 0 Å². The molecule has 9 nitrogen and oxygen atoms in total. The van der Waals surface area contributed by atoms with Gasteiger partial charge >= 0.3 is 24.3 Å². The van der Waals surface area contributed by atoms with E-state index in [1.807, 2.05) is 0 Å². The van der Waals surface area contributed by atoms with E-state index in [9.17, 15) is 26.3 Å². The Morgan fingerprint density at radius 2 is 1.54 bits per heavy atom. The molecule has 2 N–H and O–H groups in total. The van der Waals surface area contributed by atoms with Crippen LogP contribution in [0.4, 0.5) is 26.3 Å². The van der Waals surface area contributed by atoms with Gasteiger partial charge in [0.25, 0.3) is 0 Å². The highest BCUT2D eigenvalue weighted by molar-refractivity contribution is 5.73. The van der Waals surface area contributed by atoms with Crippen molar-refractivity contribution in [1.29, 1.82) is 0 Å². The molecule has 0 amide bonds. The van der Waals surface area contributed by atoms with Gasteiger partial charge in [-0.2, -0.15) is 31.4 Å². The van der Waals surface area contributed by atoms with Crippen LogP contribution in [-0.4, -0.2) is 88.7 Å². The molecule has 37 heavy (non-hydrogen) atoms. The molecule has 1 unspecified atom stereocenters. The van der Waals surface area contributed by atoms with E-state index in [0.29, 0.717) is 5.92 Å². The highest BCUT2D eigenvalue weighted by atomic mass is 19.4. The summed E-state index contributed by atoms with van der Waals surface area (Å²) >= 11 is 0. The van der Waals surface area contributed by atoms with E-state index in [0.717, 1.165) is 51.4 Å². The average molecular weight is 547 g/mol. The number of carboxylic acid groups (broad SMARTS) is 2. The Morgan fingerprint density at radius 3 is 2.03 bits per heavy atom. The van der Waals surface area contributed by atoms with E-state index in [1.54, 1.807) is 0 Å². The summed E-state index contributed by atoms with van der Waals surface area (Å²) in [6.07, 6.45) is -2.98. The van der Waals surface area contributed by atoms with Gasteiger partial charge in [-0.1, -0.05) is 0 Å². The smallest absolute Gasteiger partial charge is 0.475 e. The number of hydrogen-bond donors (Lipinski definition) is 2. The SMILES string of the molecule is Cn1ncc2c1C(COCC1CC1)CN(CC1CCOCC1)C2.O=C(O)C(F)(F)F.O=C(O)C(F)(F)F. The Kier molecular flexibility index (Phi) is 11.2. The molecule has 0 bridgehead atoms. The molecule has 3 aliphatic rings. The van der Waals surface area contributed by atoms with Crippen LogP contribution in [0.3, 0.4) is 0 Å². The number of nitrogens with zero attached hydrogens (tertiary/aromatic N) is 3. The second-order valence-corrected chi connectivity index (χ2v) is 9.21. The number of carbonyl (C=O) groups is 2. The third kappa shape index (κ3) is 10.9. The van der Waals surface area contributed by atoms with Crippen LogP contribution in [0.15, 0.2) is 6.20 Å². The van der Waals surface area contributed by atoms with Gasteiger partial charge in [-0.05, 0) is 37.5 Å². The zero-order chi connectivity index (χ0) is 27.8. The summed E-state index contributed by atoms with van der Waals surface area (Å²) in [6, 6.07) is 0. The molecule has 15 heteroatoms. The summed E-state index contributed by atoms with van der Waals surface area (Å²) in [7, 11) is 2.07. The number of aryl methyl sites for hydroxylation is 1. The number of ether oxygens (including phenoxy) is 2. The summed E-state index contributed by atoms with van der Waals surface area (Å²) in [5.41, 5.74) is 2.79. The number of rotatable bonds is 6. The van der Waals surface area contributed by atoms with Crippen LogP contribution in [0.5, 0.6) is 0 Å². The van der Waals surface area contributed by atoms with E-state index in [1.165, 1.54) is 43.5 Å². The largest absolute Gasteiger partial charge is 0.490 e. The fourth-order valence-corrected chi connectivity index (χ4v) is 4.07. The maximum atomic E-state index is 10.6. The van der Waals surface area contributed by atoms with Gasteiger partial charge < -0.3 is 19.7 Å². The van der Waals surface area contributed by atoms with E-state index in [2.05, 4.69) is 27.9 Å². The average Bonchev–Trinajstić information content (AvgIpc) is 3.55. The van der Waals surface area contributed by atoms with Gasteiger partial charge in [0.2, 0.25) is 0 Å². The highest BCUT2D eigenvalue weighted by Gasteiger charge is 2.39. The van der Waals surface area contributed by atoms with E-state index in [-0.39, 0.29) is 0 Å². The highest BCUT2D eigenvalue weighted by Crippen LogP contribution is 2.32. The zero-order valence-electron chi connectivity index (χ0n) is 20.2. The molecule has 4 rings (SSSR count). The van der Waals surface area contributed by atoms with Crippen molar-refractivity contribution >= 4 is 11.9 Å².